The zero-order chi connectivity index (χ0) is 12.6. The van der Waals surface area contributed by atoms with Gasteiger partial charge in [0, 0.05) is 12.5 Å². The second-order valence-corrected chi connectivity index (χ2v) is 11.6. The van der Waals surface area contributed by atoms with E-state index < -0.39 is 8.32 Å². The van der Waals surface area contributed by atoms with Gasteiger partial charge in [-0.05, 0) is 30.0 Å². The van der Waals surface area contributed by atoms with E-state index in [1.807, 2.05) is 0 Å². The Morgan fingerprint density at radius 2 is 1.69 bits per heavy atom. The summed E-state index contributed by atoms with van der Waals surface area (Å²) in [6.45, 7) is 17.1. The topological polar surface area (TPSA) is 9.23 Å². The summed E-state index contributed by atoms with van der Waals surface area (Å²) in [6.07, 6.45) is 4.69. The van der Waals surface area contributed by atoms with E-state index in [0.29, 0.717) is 16.9 Å². The first-order chi connectivity index (χ1) is 7.15. The molecule has 1 rings (SSSR count). The van der Waals surface area contributed by atoms with Gasteiger partial charge in [0.2, 0.25) is 0 Å². The summed E-state index contributed by atoms with van der Waals surface area (Å²) in [5, 5.41) is 0.324. The summed E-state index contributed by atoms with van der Waals surface area (Å²) in [7, 11) is -1.56. The zero-order valence-corrected chi connectivity index (χ0v) is 13.0. The highest BCUT2D eigenvalue weighted by atomic mass is 28.4. The molecule has 1 nitrogen and oxygen atoms in total. The van der Waals surface area contributed by atoms with Crippen molar-refractivity contribution < 1.29 is 4.43 Å². The molecule has 1 aliphatic carbocycles. The molecule has 0 aromatic heterocycles. The molecule has 0 N–H and O–H groups in total. The molecule has 0 bridgehead atoms. The minimum atomic E-state index is -1.56. The molecule has 94 valence electrons. The normalized spacial score (nSPS) is 31.1. The molecule has 0 fully saturated rings. The van der Waals surface area contributed by atoms with Crippen LogP contribution in [0.3, 0.4) is 0 Å². The van der Waals surface area contributed by atoms with Crippen LogP contribution >= 0.6 is 0 Å². The first kappa shape index (κ1) is 14.0. The Labute approximate surface area is 102 Å². The zero-order valence-electron chi connectivity index (χ0n) is 12.0. The molecule has 0 aliphatic heterocycles. The number of hydrogen-bond acceptors (Lipinski definition) is 1. The summed E-state index contributed by atoms with van der Waals surface area (Å²) < 4.78 is 6.28. The highest BCUT2D eigenvalue weighted by molar-refractivity contribution is 6.74. The number of allylic oxidation sites excluding steroid dienone is 1. The van der Waals surface area contributed by atoms with Crippen molar-refractivity contribution in [3.63, 3.8) is 0 Å². The van der Waals surface area contributed by atoms with Gasteiger partial charge in [0.05, 0.1) is 0 Å². The van der Waals surface area contributed by atoms with E-state index in [0.717, 1.165) is 12.5 Å². The van der Waals surface area contributed by atoms with Crippen molar-refractivity contribution in [2.75, 3.05) is 6.61 Å². The third kappa shape index (κ3) is 2.98. The fourth-order valence-electron chi connectivity index (χ4n) is 1.79. The molecule has 0 saturated heterocycles. The summed E-state index contributed by atoms with van der Waals surface area (Å²) in [5.74, 6) is 2.09. The van der Waals surface area contributed by atoms with Gasteiger partial charge >= 0.3 is 0 Å². The number of rotatable bonds is 3. The van der Waals surface area contributed by atoms with Crippen LogP contribution in [-0.4, -0.2) is 14.9 Å². The summed E-state index contributed by atoms with van der Waals surface area (Å²) >= 11 is 0. The Balaban J connectivity index is 2.50. The van der Waals surface area contributed by atoms with Crippen LogP contribution in [0.4, 0.5) is 0 Å². The first-order valence-corrected chi connectivity index (χ1v) is 9.38. The van der Waals surface area contributed by atoms with Gasteiger partial charge in [-0.3, -0.25) is 0 Å². The standard InChI is InChI=1S/C14H28OSi/c1-11-8-9-13(12(11)2)10-15-16(6,7)14(3,4)5/h8-9,11-13H,10H2,1-7H3/t11?,12-,13+/m1/s1. The maximum atomic E-state index is 6.28. The van der Waals surface area contributed by atoms with Crippen molar-refractivity contribution in [3.8, 4) is 0 Å². The van der Waals surface area contributed by atoms with Gasteiger partial charge in [-0.15, -0.1) is 0 Å². The highest BCUT2D eigenvalue weighted by Crippen LogP contribution is 2.38. The Morgan fingerprint density at radius 3 is 2.06 bits per heavy atom. The molecule has 3 atom stereocenters. The lowest BCUT2D eigenvalue weighted by atomic mass is 9.92. The third-order valence-electron chi connectivity index (χ3n) is 4.61. The highest BCUT2D eigenvalue weighted by Gasteiger charge is 2.38. The largest absolute Gasteiger partial charge is 0.416 e. The summed E-state index contributed by atoms with van der Waals surface area (Å²) in [6, 6.07) is 0. The first-order valence-electron chi connectivity index (χ1n) is 6.47. The average molecular weight is 240 g/mol. The van der Waals surface area contributed by atoms with Gasteiger partial charge in [0.15, 0.2) is 8.32 Å². The quantitative estimate of drug-likeness (QED) is 0.522. The maximum Gasteiger partial charge on any atom is 0.192 e. The lowest BCUT2D eigenvalue weighted by Crippen LogP contribution is -2.42. The summed E-state index contributed by atoms with van der Waals surface area (Å²) in [4.78, 5) is 0. The van der Waals surface area contributed by atoms with Crippen LogP contribution in [0.25, 0.3) is 0 Å². The van der Waals surface area contributed by atoms with Crippen molar-refractivity contribution in [1.82, 2.24) is 0 Å². The second-order valence-electron chi connectivity index (χ2n) is 6.84. The Kier molecular flexibility index (Phi) is 4.07. The molecule has 1 aliphatic rings. The fraction of sp³-hybridized carbons (Fsp3) is 0.857. The predicted octanol–water partition coefficient (Wildman–Crippen LogP) is 4.47. The molecule has 0 aromatic rings. The van der Waals surface area contributed by atoms with Crippen molar-refractivity contribution in [1.29, 1.82) is 0 Å². The fourth-order valence-corrected chi connectivity index (χ4v) is 2.83. The molecule has 0 spiro atoms. The van der Waals surface area contributed by atoms with Crippen molar-refractivity contribution >= 4 is 8.32 Å². The molecule has 0 aromatic carbocycles. The molecule has 0 heterocycles. The molecule has 0 amide bonds. The van der Waals surface area contributed by atoms with Crippen molar-refractivity contribution in [2.45, 2.75) is 52.8 Å². The van der Waals surface area contributed by atoms with E-state index in [2.05, 4.69) is 59.9 Å². The van der Waals surface area contributed by atoms with Gasteiger partial charge in [0.25, 0.3) is 0 Å². The van der Waals surface area contributed by atoms with Crippen molar-refractivity contribution in [2.24, 2.45) is 17.8 Å². The molecule has 2 heteroatoms. The van der Waals surface area contributed by atoms with Gasteiger partial charge in [-0.25, -0.2) is 0 Å². The van der Waals surface area contributed by atoms with E-state index in [1.165, 1.54) is 0 Å². The van der Waals surface area contributed by atoms with E-state index in [-0.39, 0.29) is 0 Å². The maximum absolute atomic E-state index is 6.28. The molecule has 16 heavy (non-hydrogen) atoms. The van der Waals surface area contributed by atoms with Crippen LogP contribution in [0.5, 0.6) is 0 Å². The van der Waals surface area contributed by atoms with E-state index >= 15 is 0 Å². The minimum absolute atomic E-state index is 0.324. The van der Waals surface area contributed by atoms with E-state index in [9.17, 15) is 0 Å². The van der Waals surface area contributed by atoms with E-state index in [1.54, 1.807) is 0 Å². The van der Waals surface area contributed by atoms with Crippen LogP contribution in [0.2, 0.25) is 18.1 Å². The van der Waals surface area contributed by atoms with Crippen LogP contribution in [0.15, 0.2) is 12.2 Å². The molecular formula is C14H28OSi. The van der Waals surface area contributed by atoms with Crippen molar-refractivity contribution in [3.05, 3.63) is 12.2 Å². The van der Waals surface area contributed by atoms with Crippen LogP contribution < -0.4 is 0 Å². The minimum Gasteiger partial charge on any atom is -0.416 e. The van der Waals surface area contributed by atoms with E-state index in [4.69, 9.17) is 4.43 Å². The smallest absolute Gasteiger partial charge is 0.192 e. The van der Waals surface area contributed by atoms with Gasteiger partial charge in [0.1, 0.15) is 0 Å². The third-order valence-corrected chi connectivity index (χ3v) is 9.11. The Morgan fingerprint density at radius 1 is 1.12 bits per heavy atom. The molecule has 1 unspecified atom stereocenters. The molecular weight excluding hydrogens is 212 g/mol. The lowest BCUT2D eigenvalue weighted by molar-refractivity contribution is 0.211. The molecule has 0 saturated carbocycles. The van der Waals surface area contributed by atoms with Crippen LogP contribution in [-0.2, 0) is 4.43 Å². The monoisotopic (exact) mass is 240 g/mol. The lowest BCUT2D eigenvalue weighted by Gasteiger charge is -2.37. The SMILES string of the molecule is CC1C=C[C@@H](CO[Si](C)(C)C(C)(C)C)[C@@H]1C. The van der Waals surface area contributed by atoms with Crippen LogP contribution in [0.1, 0.15) is 34.6 Å². The number of hydrogen-bond donors (Lipinski definition) is 0. The Hall–Kier alpha value is -0.0831. The van der Waals surface area contributed by atoms with Gasteiger partial charge < -0.3 is 4.43 Å². The van der Waals surface area contributed by atoms with Gasteiger partial charge in [-0.2, -0.15) is 0 Å². The van der Waals surface area contributed by atoms with Crippen LogP contribution in [0, 0.1) is 17.8 Å². The Bertz CT molecular complexity index is 262. The average Bonchev–Trinajstić information content (AvgIpc) is 2.43. The molecule has 0 radical (unpaired) electrons. The summed E-state index contributed by atoms with van der Waals surface area (Å²) in [5.41, 5.74) is 0. The van der Waals surface area contributed by atoms with Gasteiger partial charge in [-0.1, -0.05) is 46.8 Å². The predicted molar refractivity (Wildman–Crippen MR) is 74.1 cm³/mol. The second kappa shape index (κ2) is 4.65.